The number of rotatable bonds is 3. The summed E-state index contributed by atoms with van der Waals surface area (Å²) in [5.41, 5.74) is 5.82. The van der Waals surface area contributed by atoms with Crippen LogP contribution in [0.4, 0.5) is 0 Å². The summed E-state index contributed by atoms with van der Waals surface area (Å²) in [6.45, 7) is 0. The van der Waals surface area contributed by atoms with E-state index < -0.39 is 0 Å². The number of hydrogen-bond acceptors (Lipinski definition) is 1. The van der Waals surface area contributed by atoms with Gasteiger partial charge in [-0.15, -0.1) is 5.73 Å². The monoisotopic (exact) mass is 169 g/mol. The summed E-state index contributed by atoms with van der Waals surface area (Å²) < 4.78 is 0. The maximum atomic E-state index is 3.98. The summed E-state index contributed by atoms with van der Waals surface area (Å²) in [6, 6.07) is 4.12. The largest absolute Gasteiger partial charge is 0.265 e. The lowest BCUT2D eigenvalue weighted by molar-refractivity contribution is 0.964. The standard InChI is InChI=1S/C12H11N/c1-2-4-11(3-1)5-6-12-7-9-13-10-8-12/h1-3,7-10H,5-6H2. The van der Waals surface area contributed by atoms with Crippen LogP contribution in [0.3, 0.4) is 0 Å². The minimum Gasteiger partial charge on any atom is -0.265 e. The van der Waals surface area contributed by atoms with Gasteiger partial charge < -0.3 is 0 Å². The van der Waals surface area contributed by atoms with Crippen LogP contribution in [0, 0.1) is 0 Å². The Kier molecular flexibility index (Phi) is 2.40. The third-order valence-corrected chi connectivity index (χ3v) is 2.09. The minimum atomic E-state index is 1.07. The SMILES string of the molecule is C1=CC=CC=1CCc1ccncc1. The van der Waals surface area contributed by atoms with Crippen LogP contribution >= 0.6 is 0 Å². The molecule has 0 spiro atoms. The second-order valence-electron chi connectivity index (χ2n) is 3.05. The molecule has 1 aliphatic carbocycles. The molecule has 0 amide bonds. The van der Waals surface area contributed by atoms with E-state index in [1.807, 2.05) is 24.5 Å². The van der Waals surface area contributed by atoms with Gasteiger partial charge in [0.2, 0.25) is 0 Å². The molecule has 0 N–H and O–H groups in total. The van der Waals surface area contributed by atoms with Crippen LogP contribution in [0.25, 0.3) is 0 Å². The quantitative estimate of drug-likeness (QED) is 0.634. The smallest absolute Gasteiger partial charge is 0.0270 e. The van der Waals surface area contributed by atoms with Gasteiger partial charge in [-0.1, -0.05) is 12.2 Å². The van der Waals surface area contributed by atoms with Gasteiger partial charge in [0.25, 0.3) is 0 Å². The van der Waals surface area contributed by atoms with Gasteiger partial charge in [0.15, 0.2) is 0 Å². The molecule has 64 valence electrons. The van der Waals surface area contributed by atoms with E-state index in [4.69, 9.17) is 0 Å². The Labute approximate surface area is 78.1 Å². The molecule has 2 rings (SSSR count). The van der Waals surface area contributed by atoms with Gasteiger partial charge in [-0.05, 0) is 42.2 Å². The Morgan fingerprint density at radius 1 is 1.15 bits per heavy atom. The predicted octanol–water partition coefficient (Wildman–Crippen LogP) is 2.67. The highest BCUT2D eigenvalue weighted by atomic mass is 14.6. The fourth-order valence-corrected chi connectivity index (χ4v) is 1.35. The molecule has 1 aromatic heterocycles. The zero-order chi connectivity index (χ0) is 8.93. The molecule has 0 aliphatic heterocycles. The summed E-state index contributed by atoms with van der Waals surface area (Å²) in [6.07, 6.45) is 11.9. The first-order valence-corrected chi connectivity index (χ1v) is 4.46. The number of aromatic nitrogens is 1. The molecule has 1 nitrogen and oxygen atoms in total. The van der Waals surface area contributed by atoms with E-state index in [1.54, 1.807) is 0 Å². The normalized spacial score (nSPS) is 13.4. The van der Waals surface area contributed by atoms with Gasteiger partial charge in [0.05, 0.1) is 0 Å². The predicted molar refractivity (Wildman–Crippen MR) is 53.3 cm³/mol. The van der Waals surface area contributed by atoms with Crippen LogP contribution in [0.2, 0.25) is 0 Å². The fraction of sp³-hybridized carbons (Fsp3) is 0.167. The second kappa shape index (κ2) is 3.88. The van der Waals surface area contributed by atoms with Gasteiger partial charge >= 0.3 is 0 Å². The van der Waals surface area contributed by atoms with Crippen molar-refractivity contribution in [3.8, 4) is 0 Å². The van der Waals surface area contributed by atoms with E-state index in [1.165, 1.54) is 11.1 Å². The highest BCUT2D eigenvalue weighted by Crippen LogP contribution is 2.11. The zero-order valence-electron chi connectivity index (χ0n) is 7.40. The van der Waals surface area contributed by atoms with Crippen LogP contribution in [0.5, 0.6) is 0 Å². The lowest BCUT2D eigenvalue weighted by Crippen LogP contribution is -1.85. The van der Waals surface area contributed by atoms with Crippen LogP contribution in [-0.2, 0) is 6.42 Å². The van der Waals surface area contributed by atoms with Crippen molar-refractivity contribution in [3.63, 3.8) is 0 Å². The first kappa shape index (κ1) is 8.03. The van der Waals surface area contributed by atoms with Crippen molar-refractivity contribution in [2.24, 2.45) is 0 Å². The van der Waals surface area contributed by atoms with Gasteiger partial charge in [0, 0.05) is 12.4 Å². The molecular weight excluding hydrogens is 158 g/mol. The Hall–Kier alpha value is -1.59. The third-order valence-electron chi connectivity index (χ3n) is 2.09. The number of nitrogens with zero attached hydrogens (tertiary/aromatic N) is 1. The summed E-state index contributed by atoms with van der Waals surface area (Å²) >= 11 is 0. The van der Waals surface area contributed by atoms with Crippen LogP contribution < -0.4 is 0 Å². The summed E-state index contributed by atoms with van der Waals surface area (Å²) in [4.78, 5) is 3.98. The topological polar surface area (TPSA) is 12.9 Å². The molecule has 0 fully saturated rings. The van der Waals surface area contributed by atoms with Crippen molar-refractivity contribution >= 4 is 0 Å². The van der Waals surface area contributed by atoms with Crippen LogP contribution in [0.15, 0.2) is 54.1 Å². The van der Waals surface area contributed by atoms with E-state index in [9.17, 15) is 0 Å². The molecule has 0 radical (unpaired) electrons. The van der Waals surface area contributed by atoms with Crippen LogP contribution in [-0.4, -0.2) is 4.98 Å². The number of allylic oxidation sites excluding steroid dienone is 3. The van der Waals surface area contributed by atoms with Crippen molar-refractivity contribution < 1.29 is 0 Å². The maximum Gasteiger partial charge on any atom is 0.0270 e. The van der Waals surface area contributed by atoms with E-state index >= 15 is 0 Å². The Morgan fingerprint density at radius 2 is 2.00 bits per heavy atom. The van der Waals surface area contributed by atoms with E-state index in [-0.39, 0.29) is 0 Å². The van der Waals surface area contributed by atoms with Crippen molar-refractivity contribution in [2.45, 2.75) is 12.8 Å². The average molecular weight is 169 g/mol. The lowest BCUT2D eigenvalue weighted by Gasteiger charge is -1.98. The first-order chi connectivity index (χ1) is 6.45. The highest BCUT2D eigenvalue weighted by molar-refractivity contribution is 5.29. The van der Waals surface area contributed by atoms with Gasteiger partial charge in [0.1, 0.15) is 0 Å². The number of hydrogen-bond donors (Lipinski definition) is 0. The van der Waals surface area contributed by atoms with Gasteiger partial charge in [-0.3, -0.25) is 4.98 Å². The maximum absolute atomic E-state index is 3.98. The van der Waals surface area contributed by atoms with Crippen molar-refractivity contribution in [3.05, 3.63) is 59.6 Å². The van der Waals surface area contributed by atoms with E-state index in [0.29, 0.717) is 0 Å². The summed E-state index contributed by atoms with van der Waals surface area (Å²) in [5.74, 6) is 0. The van der Waals surface area contributed by atoms with Crippen molar-refractivity contribution in [2.75, 3.05) is 0 Å². The molecule has 1 aromatic rings. The lowest BCUT2D eigenvalue weighted by atomic mass is 10.1. The molecule has 0 saturated carbocycles. The minimum absolute atomic E-state index is 1.07. The molecule has 0 aromatic carbocycles. The second-order valence-corrected chi connectivity index (χ2v) is 3.05. The van der Waals surface area contributed by atoms with E-state index in [0.717, 1.165) is 12.8 Å². The van der Waals surface area contributed by atoms with Gasteiger partial charge in [-0.2, -0.15) is 0 Å². The van der Waals surface area contributed by atoms with Crippen molar-refractivity contribution in [1.82, 2.24) is 4.98 Å². The molecule has 13 heavy (non-hydrogen) atoms. The molecular formula is C12H11N. The van der Waals surface area contributed by atoms with Gasteiger partial charge in [-0.25, -0.2) is 0 Å². The molecule has 0 unspecified atom stereocenters. The average Bonchev–Trinajstić information content (AvgIpc) is 2.69. The molecule has 0 saturated heterocycles. The summed E-state index contributed by atoms with van der Waals surface area (Å²) in [7, 11) is 0. The zero-order valence-corrected chi connectivity index (χ0v) is 7.40. The summed E-state index contributed by atoms with van der Waals surface area (Å²) in [5, 5.41) is 0. The number of aryl methyl sites for hydroxylation is 1. The first-order valence-electron chi connectivity index (χ1n) is 4.46. The Morgan fingerprint density at radius 3 is 2.69 bits per heavy atom. The molecule has 1 heteroatoms. The fourth-order valence-electron chi connectivity index (χ4n) is 1.35. The Balaban J connectivity index is 1.94. The Bertz CT molecular complexity index is 367. The molecule has 1 heterocycles. The molecule has 0 atom stereocenters. The molecule has 1 aliphatic rings. The highest BCUT2D eigenvalue weighted by Gasteiger charge is 1.96. The number of pyridine rings is 1. The molecule has 0 bridgehead atoms. The van der Waals surface area contributed by atoms with Crippen molar-refractivity contribution in [1.29, 1.82) is 0 Å². The third kappa shape index (κ3) is 2.17. The van der Waals surface area contributed by atoms with Crippen LogP contribution in [0.1, 0.15) is 12.0 Å². The van der Waals surface area contributed by atoms with E-state index in [2.05, 4.69) is 28.9 Å².